The Balaban J connectivity index is 1.44. The van der Waals surface area contributed by atoms with E-state index in [1.165, 1.54) is 43.0 Å². The van der Waals surface area contributed by atoms with Crippen molar-refractivity contribution in [3.8, 4) is 0 Å². The summed E-state index contributed by atoms with van der Waals surface area (Å²) in [5, 5.41) is 14.4. The summed E-state index contributed by atoms with van der Waals surface area (Å²) in [7, 11) is 0. The number of amides is 2. The maximum Gasteiger partial charge on any atom is 0.240 e. The highest BCUT2D eigenvalue weighted by Crippen LogP contribution is 2.24. The molecule has 2 N–H and O–H groups in total. The number of fused-ring (bicyclic) bond motifs is 1. The van der Waals surface area contributed by atoms with Crippen molar-refractivity contribution >= 4 is 34.5 Å². The number of carbonyl (C=O) groups excluding carboxylic acids is 2. The Morgan fingerprint density at radius 3 is 2.80 bits per heavy atom. The van der Waals surface area contributed by atoms with Gasteiger partial charge in [-0.3, -0.25) is 9.59 Å². The molecule has 2 amide bonds. The van der Waals surface area contributed by atoms with Crippen molar-refractivity contribution in [1.82, 2.24) is 10.6 Å². The molecule has 1 atom stereocenters. The lowest BCUT2D eigenvalue weighted by Crippen LogP contribution is -2.31. The zero-order chi connectivity index (χ0) is 21.2. The molecular weight excluding hydrogens is 396 g/mol. The number of amidine groups is 1. The fourth-order valence-corrected chi connectivity index (χ4v) is 4.69. The number of carbonyl (C=O) groups is 2. The normalized spacial score (nSPS) is 21.0. The third-order valence-electron chi connectivity index (χ3n) is 5.45. The van der Waals surface area contributed by atoms with Crippen LogP contribution >= 0.6 is 11.8 Å². The monoisotopic (exact) mass is 428 g/mol. The summed E-state index contributed by atoms with van der Waals surface area (Å²) in [6.45, 7) is 2.88. The average Bonchev–Trinajstić information content (AvgIpc) is 3.10. The Labute approximate surface area is 183 Å². The Kier molecular flexibility index (Phi) is 8.93. The van der Waals surface area contributed by atoms with E-state index in [0.717, 1.165) is 43.4 Å². The van der Waals surface area contributed by atoms with Gasteiger partial charge in [-0.05, 0) is 31.2 Å². The number of unbranched alkanes of at least 4 members (excludes halogenated alkanes) is 5. The molecule has 0 radical (unpaired) electrons. The first-order valence-electron chi connectivity index (χ1n) is 11.1. The van der Waals surface area contributed by atoms with E-state index in [-0.39, 0.29) is 18.2 Å². The van der Waals surface area contributed by atoms with Crippen LogP contribution in [0.25, 0.3) is 0 Å². The van der Waals surface area contributed by atoms with Gasteiger partial charge in [-0.15, -0.1) is 5.10 Å². The third kappa shape index (κ3) is 6.69. The molecule has 162 valence electrons. The predicted molar refractivity (Wildman–Crippen MR) is 124 cm³/mol. The van der Waals surface area contributed by atoms with Gasteiger partial charge >= 0.3 is 0 Å². The first-order chi connectivity index (χ1) is 14.7. The van der Waals surface area contributed by atoms with Crippen molar-refractivity contribution in [2.75, 3.05) is 6.54 Å². The van der Waals surface area contributed by atoms with Gasteiger partial charge in [-0.25, -0.2) is 0 Å². The molecule has 1 aromatic rings. The number of hydrogen-bond donors (Lipinski definition) is 2. The van der Waals surface area contributed by atoms with E-state index in [2.05, 4.69) is 39.9 Å². The van der Waals surface area contributed by atoms with E-state index in [9.17, 15) is 9.59 Å². The van der Waals surface area contributed by atoms with Gasteiger partial charge in [0.15, 0.2) is 5.17 Å². The second-order valence-corrected chi connectivity index (χ2v) is 9.07. The van der Waals surface area contributed by atoms with Crippen LogP contribution in [0.4, 0.5) is 0 Å². The third-order valence-corrected chi connectivity index (χ3v) is 6.52. The van der Waals surface area contributed by atoms with Crippen LogP contribution in [0.2, 0.25) is 0 Å². The molecule has 0 spiro atoms. The van der Waals surface area contributed by atoms with E-state index >= 15 is 0 Å². The minimum atomic E-state index is -0.438. The minimum absolute atomic E-state index is 0.0787. The average molecular weight is 429 g/mol. The van der Waals surface area contributed by atoms with Gasteiger partial charge in [0.2, 0.25) is 11.8 Å². The molecule has 2 aliphatic rings. The Hall–Kier alpha value is -2.15. The van der Waals surface area contributed by atoms with Crippen molar-refractivity contribution in [2.24, 2.45) is 10.2 Å². The van der Waals surface area contributed by atoms with Gasteiger partial charge in [0.25, 0.3) is 0 Å². The first kappa shape index (κ1) is 22.5. The number of nitrogens with one attached hydrogen (secondary N) is 2. The lowest BCUT2D eigenvalue weighted by atomic mass is 9.90. The van der Waals surface area contributed by atoms with Crippen molar-refractivity contribution in [2.45, 2.75) is 76.4 Å². The molecular formula is C23H32N4O2S. The van der Waals surface area contributed by atoms with Crippen LogP contribution in [0.15, 0.2) is 34.5 Å². The molecule has 0 bridgehead atoms. The van der Waals surface area contributed by atoms with Crippen LogP contribution in [-0.2, 0) is 16.0 Å². The van der Waals surface area contributed by atoms with Gasteiger partial charge < -0.3 is 10.6 Å². The van der Waals surface area contributed by atoms with Crippen LogP contribution in [0.3, 0.4) is 0 Å². The predicted octanol–water partition coefficient (Wildman–Crippen LogP) is 4.18. The van der Waals surface area contributed by atoms with Crippen molar-refractivity contribution in [1.29, 1.82) is 0 Å². The molecule has 0 aromatic heterocycles. The first-order valence-corrected chi connectivity index (χ1v) is 12.0. The number of benzene rings is 1. The molecule has 6 nitrogen and oxygen atoms in total. The highest BCUT2D eigenvalue weighted by atomic mass is 32.2. The zero-order valence-electron chi connectivity index (χ0n) is 17.8. The fraction of sp³-hybridized carbons (Fsp3) is 0.565. The summed E-state index contributed by atoms with van der Waals surface area (Å²) >= 11 is 1.29. The van der Waals surface area contributed by atoms with Crippen molar-refractivity contribution in [3.05, 3.63) is 35.4 Å². The lowest BCUT2D eigenvalue weighted by molar-refractivity contribution is -0.125. The standard InChI is InChI=1S/C23H32N4O2S/c1-2-3-4-5-6-9-15-24-21(28)16-20-22(29)25-23(30-20)27-26-19-14-10-12-17-11-7-8-13-18(17)19/h7-8,11,13,20H,2-6,9-10,12,14-16H2,1H3,(H,24,28)(H,25,27,29)/t20-/m1/s1. The molecule has 3 rings (SSSR count). The molecule has 30 heavy (non-hydrogen) atoms. The summed E-state index contributed by atoms with van der Waals surface area (Å²) in [5.74, 6) is -0.248. The largest absolute Gasteiger partial charge is 0.356 e. The number of rotatable bonds is 10. The van der Waals surface area contributed by atoms with Gasteiger partial charge in [0, 0.05) is 18.5 Å². The molecule has 1 fully saturated rings. The van der Waals surface area contributed by atoms with Crippen LogP contribution in [-0.4, -0.2) is 34.5 Å². The summed E-state index contributed by atoms with van der Waals surface area (Å²) in [6, 6.07) is 8.26. The SMILES string of the molecule is CCCCCCCCNC(=O)C[C@H]1SC(=NN=C2CCCc3ccccc32)NC1=O. The van der Waals surface area contributed by atoms with Crippen LogP contribution in [0.1, 0.15) is 75.8 Å². The lowest BCUT2D eigenvalue weighted by Gasteiger charge is -2.16. The molecule has 0 unspecified atom stereocenters. The Bertz CT molecular complexity index is 806. The van der Waals surface area contributed by atoms with Gasteiger partial charge in [-0.2, -0.15) is 5.10 Å². The fourth-order valence-electron chi connectivity index (χ4n) is 3.77. The summed E-state index contributed by atoms with van der Waals surface area (Å²) in [5.41, 5.74) is 3.40. The molecule has 0 saturated carbocycles. The van der Waals surface area contributed by atoms with E-state index < -0.39 is 5.25 Å². The number of aryl methyl sites for hydroxylation is 1. The van der Waals surface area contributed by atoms with Gasteiger partial charge in [0.05, 0.1) is 5.71 Å². The molecule has 7 heteroatoms. The zero-order valence-corrected chi connectivity index (χ0v) is 18.6. The van der Waals surface area contributed by atoms with Crippen LogP contribution in [0.5, 0.6) is 0 Å². The quantitative estimate of drug-likeness (QED) is 0.433. The number of nitrogens with zero attached hydrogens (tertiary/aromatic N) is 2. The second kappa shape index (κ2) is 11.9. The van der Waals surface area contributed by atoms with Crippen molar-refractivity contribution in [3.63, 3.8) is 0 Å². The number of thioether (sulfide) groups is 1. The molecule has 1 saturated heterocycles. The molecule has 1 heterocycles. The summed E-state index contributed by atoms with van der Waals surface area (Å²) < 4.78 is 0. The highest BCUT2D eigenvalue weighted by molar-refractivity contribution is 8.15. The maximum absolute atomic E-state index is 12.2. The van der Waals surface area contributed by atoms with Crippen LogP contribution in [0, 0.1) is 0 Å². The van der Waals surface area contributed by atoms with E-state index in [1.54, 1.807) is 0 Å². The van der Waals surface area contributed by atoms with E-state index in [0.29, 0.717) is 11.7 Å². The van der Waals surface area contributed by atoms with E-state index in [1.807, 2.05) is 12.1 Å². The maximum atomic E-state index is 12.2. The molecule has 1 aromatic carbocycles. The molecule has 1 aliphatic carbocycles. The highest BCUT2D eigenvalue weighted by Gasteiger charge is 2.32. The number of hydrogen-bond acceptors (Lipinski definition) is 5. The van der Waals surface area contributed by atoms with Gasteiger partial charge in [-0.1, -0.05) is 75.1 Å². The van der Waals surface area contributed by atoms with Gasteiger partial charge in [0.1, 0.15) is 5.25 Å². The van der Waals surface area contributed by atoms with Crippen LogP contribution < -0.4 is 10.6 Å². The topological polar surface area (TPSA) is 82.9 Å². The Morgan fingerprint density at radius 2 is 1.93 bits per heavy atom. The molecule has 1 aliphatic heterocycles. The summed E-state index contributed by atoms with van der Waals surface area (Å²) in [4.78, 5) is 24.4. The van der Waals surface area contributed by atoms with E-state index in [4.69, 9.17) is 0 Å². The minimum Gasteiger partial charge on any atom is -0.356 e. The second-order valence-electron chi connectivity index (χ2n) is 7.88. The van der Waals surface area contributed by atoms with Crippen molar-refractivity contribution < 1.29 is 9.59 Å². The summed E-state index contributed by atoms with van der Waals surface area (Å²) in [6.07, 6.45) is 10.3. The Morgan fingerprint density at radius 1 is 1.13 bits per heavy atom. The smallest absolute Gasteiger partial charge is 0.240 e.